The zero-order chi connectivity index (χ0) is 22.6. The second-order valence-corrected chi connectivity index (χ2v) is 9.85. The van der Waals surface area contributed by atoms with Gasteiger partial charge in [0.1, 0.15) is 0 Å². The lowest BCUT2D eigenvalue weighted by Gasteiger charge is -2.42. The molecule has 3 aromatic rings. The molecule has 0 unspecified atom stereocenters. The SMILES string of the molecule is Cc1c(-c2ccc(C(=O)O)cc2)cc(N=[N+]=[N-])c2cc3c(cc12)C(C)(C)CCC3(C)C. The van der Waals surface area contributed by atoms with E-state index >= 15 is 0 Å². The van der Waals surface area contributed by atoms with E-state index < -0.39 is 5.97 Å². The first kappa shape index (κ1) is 21.0. The lowest BCUT2D eigenvalue weighted by atomic mass is 9.62. The van der Waals surface area contributed by atoms with Crippen LogP contribution in [-0.4, -0.2) is 11.1 Å². The Morgan fingerprint density at radius 3 is 2.03 bits per heavy atom. The van der Waals surface area contributed by atoms with Gasteiger partial charge in [-0.1, -0.05) is 51.0 Å². The van der Waals surface area contributed by atoms with Crippen LogP contribution in [0.3, 0.4) is 0 Å². The number of nitrogens with zero attached hydrogens (tertiary/aromatic N) is 3. The van der Waals surface area contributed by atoms with Crippen molar-refractivity contribution in [2.75, 3.05) is 0 Å². The van der Waals surface area contributed by atoms with Crippen LogP contribution in [0.5, 0.6) is 0 Å². The van der Waals surface area contributed by atoms with Crippen molar-refractivity contribution in [3.8, 4) is 11.1 Å². The van der Waals surface area contributed by atoms with Gasteiger partial charge in [0.2, 0.25) is 0 Å². The van der Waals surface area contributed by atoms with Crippen LogP contribution in [0.2, 0.25) is 0 Å². The van der Waals surface area contributed by atoms with Crippen molar-refractivity contribution in [1.29, 1.82) is 0 Å². The topological polar surface area (TPSA) is 86.1 Å². The van der Waals surface area contributed by atoms with E-state index in [1.165, 1.54) is 11.1 Å². The van der Waals surface area contributed by atoms with Crippen molar-refractivity contribution in [2.24, 2.45) is 5.11 Å². The Morgan fingerprint density at radius 2 is 1.52 bits per heavy atom. The van der Waals surface area contributed by atoms with Crippen molar-refractivity contribution in [3.63, 3.8) is 0 Å². The number of fused-ring (bicyclic) bond motifs is 2. The van der Waals surface area contributed by atoms with E-state index in [-0.39, 0.29) is 16.4 Å². The average molecular weight is 414 g/mol. The van der Waals surface area contributed by atoms with E-state index in [1.807, 2.05) is 18.2 Å². The molecular weight excluding hydrogens is 386 g/mol. The summed E-state index contributed by atoms with van der Waals surface area (Å²) in [5.74, 6) is -0.951. The number of carboxylic acid groups (broad SMARTS) is 1. The fourth-order valence-corrected chi connectivity index (χ4v) is 4.83. The van der Waals surface area contributed by atoms with E-state index in [1.54, 1.807) is 12.1 Å². The summed E-state index contributed by atoms with van der Waals surface area (Å²) in [7, 11) is 0. The van der Waals surface area contributed by atoms with Crippen molar-refractivity contribution in [1.82, 2.24) is 0 Å². The van der Waals surface area contributed by atoms with Crippen LogP contribution >= 0.6 is 0 Å². The molecule has 158 valence electrons. The zero-order valence-corrected chi connectivity index (χ0v) is 18.7. The van der Waals surface area contributed by atoms with Crippen molar-refractivity contribution in [3.05, 3.63) is 75.2 Å². The van der Waals surface area contributed by atoms with Crippen LogP contribution in [-0.2, 0) is 10.8 Å². The maximum Gasteiger partial charge on any atom is 0.335 e. The van der Waals surface area contributed by atoms with Crippen molar-refractivity contribution in [2.45, 2.75) is 58.3 Å². The second-order valence-electron chi connectivity index (χ2n) is 9.85. The van der Waals surface area contributed by atoms with Gasteiger partial charge < -0.3 is 5.11 Å². The number of hydrogen-bond acceptors (Lipinski definition) is 2. The Balaban J connectivity index is 2.04. The first-order valence-electron chi connectivity index (χ1n) is 10.6. The number of carboxylic acids is 1. The minimum Gasteiger partial charge on any atom is -0.478 e. The molecule has 0 heterocycles. The van der Waals surface area contributed by atoms with Crippen molar-refractivity contribution >= 4 is 22.4 Å². The number of rotatable bonds is 3. The molecule has 1 aliphatic rings. The van der Waals surface area contributed by atoms with Crippen LogP contribution in [0, 0.1) is 6.92 Å². The molecule has 1 N–H and O–H groups in total. The molecule has 31 heavy (non-hydrogen) atoms. The minimum absolute atomic E-state index is 0.0614. The quantitative estimate of drug-likeness (QED) is 0.270. The van der Waals surface area contributed by atoms with Gasteiger partial charge in [0, 0.05) is 10.6 Å². The van der Waals surface area contributed by atoms with Gasteiger partial charge in [-0.2, -0.15) is 0 Å². The lowest BCUT2D eigenvalue weighted by molar-refractivity contribution is 0.0697. The normalized spacial score (nSPS) is 16.4. The van der Waals surface area contributed by atoms with E-state index in [2.05, 4.69) is 56.8 Å². The first-order chi connectivity index (χ1) is 14.5. The van der Waals surface area contributed by atoms with Crippen molar-refractivity contribution < 1.29 is 9.90 Å². The first-order valence-corrected chi connectivity index (χ1v) is 10.6. The summed E-state index contributed by atoms with van der Waals surface area (Å²) in [6, 6.07) is 13.2. The Bertz CT molecular complexity index is 1260. The van der Waals surface area contributed by atoms with Crippen LogP contribution in [0.25, 0.3) is 32.3 Å². The van der Waals surface area contributed by atoms with Gasteiger partial charge in [0.05, 0.1) is 5.56 Å². The molecule has 0 aromatic heterocycles. The fourth-order valence-electron chi connectivity index (χ4n) is 4.83. The summed E-state index contributed by atoms with van der Waals surface area (Å²) in [5.41, 5.74) is 15.8. The van der Waals surface area contributed by atoms with Crippen LogP contribution in [0.15, 0.2) is 47.6 Å². The molecule has 0 amide bonds. The molecule has 0 bridgehead atoms. The molecule has 0 fully saturated rings. The highest BCUT2D eigenvalue weighted by atomic mass is 16.4. The second kappa shape index (κ2) is 7.14. The lowest BCUT2D eigenvalue weighted by Crippen LogP contribution is -2.33. The molecule has 0 atom stereocenters. The Labute approximate surface area is 182 Å². The standard InChI is InChI=1S/C26H27N3O2/c1-15-18(16-6-8-17(9-7-16)24(30)31)14-23(28-29-27)20-13-22-21(12-19(15)20)25(2,3)10-11-26(22,4)5/h6-9,12-14H,10-11H2,1-5H3,(H,30,31). The van der Waals surface area contributed by atoms with Gasteiger partial charge >= 0.3 is 5.97 Å². The highest BCUT2D eigenvalue weighted by Gasteiger charge is 2.37. The number of aromatic carboxylic acids is 1. The Hall–Kier alpha value is -3.30. The minimum atomic E-state index is -0.951. The van der Waals surface area contributed by atoms with Gasteiger partial charge in [-0.3, -0.25) is 0 Å². The maximum absolute atomic E-state index is 11.2. The third-order valence-electron chi connectivity index (χ3n) is 6.95. The largest absolute Gasteiger partial charge is 0.478 e. The highest BCUT2D eigenvalue weighted by Crippen LogP contribution is 2.49. The Kier molecular flexibility index (Phi) is 4.83. The molecule has 5 nitrogen and oxygen atoms in total. The fraction of sp³-hybridized carbons (Fsp3) is 0.346. The van der Waals surface area contributed by atoms with E-state index in [0.717, 1.165) is 40.3 Å². The summed E-state index contributed by atoms with van der Waals surface area (Å²) in [6.07, 6.45) is 2.24. The van der Waals surface area contributed by atoms with Gasteiger partial charge in [0.15, 0.2) is 0 Å². The number of hydrogen-bond donors (Lipinski definition) is 1. The Morgan fingerprint density at radius 1 is 0.968 bits per heavy atom. The number of benzene rings is 3. The molecular formula is C26H27N3O2. The molecule has 3 aromatic carbocycles. The third kappa shape index (κ3) is 3.45. The van der Waals surface area contributed by atoms with Gasteiger partial charge in [0.25, 0.3) is 0 Å². The molecule has 5 heteroatoms. The number of aryl methyl sites for hydroxylation is 1. The average Bonchev–Trinajstić information content (AvgIpc) is 2.73. The number of azide groups is 1. The summed E-state index contributed by atoms with van der Waals surface area (Å²) < 4.78 is 0. The van der Waals surface area contributed by atoms with Gasteiger partial charge in [-0.05, 0) is 99.0 Å². The maximum atomic E-state index is 11.2. The smallest absolute Gasteiger partial charge is 0.335 e. The molecule has 1 aliphatic carbocycles. The van der Waals surface area contributed by atoms with Crippen LogP contribution < -0.4 is 0 Å². The molecule has 0 saturated carbocycles. The summed E-state index contributed by atoms with van der Waals surface area (Å²) >= 11 is 0. The molecule has 0 spiro atoms. The van der Waals surface area contributed by atoms with Crippen LogP contribution in [0.4, 0.5) is 5.69 Å². The molecule has 0 radical (unpaired) electrons. The molecule has 4 rings (SSSR count). The third-order valence-corrected chi connectivity index (χ3v) is 6.95. The monoisotopic (exact) mass is 413 g/mol. The van der Waals surface area contributed by atoms with Gasteiger partial charge in [-0.25, -0.2) is 4.79 Å². The predicted molar refractivity (Wildman–Crippen MR) is 125 cm³/mol. The summed E-state index contributed by atoms with van der Waals surface area (Å²) in [6.45, 7) is 11.2. The predicted octanol–water partition coefficient (Wildman–Crippen LogP) is 7.80. The van der Waals surface area contributed by atoms with E-state index in [9.17, 15) is 15.4 Å². The molecule has 0 aliphatic heterocycles. The molecule has 0 saturated heterocycles. The van der Waals surface area contributed by atoms with Gasteiger partial charge in [-0.15, -0.1) is 0 Å². The van der Waals surface area contributed by atoms with E-state index in [4.69, 9.17) is 0 Å². The summed E-state index contributed by atoms with van der Waals surface area (Å²) in [4.78, 5) is 14.3. The highest BCUT2D eigenvalue weighted by molar-refractivity contribution is 6.01. The van der Waals surface area contributed by atoms with E-state index in [0.29, 0.717) is 5.69 Å². The number of carbonyl (C=O) groups is 1. The zero-order valence-electron chi connectivity index (χ0n) is 18.7. The van der Waals surface area contributed by atoms with Crippen LogP contribution in [0.1, 0.15) is 67.6 Å². The summed E-state index contributed by atoms with van der Waals surface area (Å²) in [5, 5.41) is 15.3.